The van der Waals surface area contributed by atoms with E-state index in [-0.39, 0.29) is 17.7 Å². The summed E-state index contributed by atoms with van der Waals surface area (Å²) < 4.78 is 1.63. The first-order chi connectivity index (χ1) is 10.1. The number of thioether (sulfide) groups is 1. The van der Waals surface area contributed by atoms with Crippen molar-refractivity contribution in [1.82, 2.24) is 24.6 Å². The third-order valence-electron chi connectivity index (χ3n) is 3.24. The maximum absolute atomic E-state index is 11.8. The predicted octanol–water partition coefficient (Wildman–Crippen LogP) is 0.990. The monoisotopic (exact) mass is 306 g/mol. The van der Waals surface area contributed by atoms with Crippen LogP contribution >= 0.6 is 11.8 Å². The lowest BCUT2D eigenvalue weighted by Crippen LogP contribution is -2.38. The number of fused-ring (bicyclic) bond motifs is 1. The van der Waals surface area contributed by atoms with Crippen LogP contribution in [0.25, 0.3) is 11.0 Å². The summed E-state index contributed by atoms with van der Waals surface area (Å²) in [6.07, 6.45) is 2.04. The Kier molecular flexibility index (Phi) is 3.50. The van der Waals surface area contributed by atoms with E-state index in [0.717, 1.165) is 17.1 Å². The molecule has 1 aliphatic heterocycles. The van der Waals surface area contributed by atoms with E-state index in [2.05, 4.69) is 20.4 Å². The summed E-state index contributed by atoms with van der Waals surface area (Å²) in [5.74, 6) is 1.41. The van der Waals surface area contributed by atoms with E-state index < -0.39 is 0 Å². The van der Waals surface area contributed by atoms with Gasteiger partial charge in [0.25, 0.3) is 5.24 Å². The molecule has 1 aliphatic rings. The van der Waals surface area contributed by atoms with Gasteiger partial charge in [0, 0.05) is 26.3 Å². The third-order valence-corrected chi connectivity index (χ3v) is 4.11. The van der Waals surface area contributed by atoms with Crippen LogP contribution in [0.4, 0.5) is 10.6 Å². The van der Waals surface area contributed by atoms with Gasteiger partial charge in [-0.15, -0.1) is 0 Å². The fraction of sp³-hybridized carbons (Fsp3) is 0.417. The van der Waals surface area contributed by atoms with Crippen LogP contribution < -0.4 is 5.32 Å². The van der Waals surface area contributed by atoms with Gasteiger partial charge in [0.15, 0.2) is 11.5 Å². The Labute approximate surface area is 124 Å². The molecule has 0 spiro atoms. The molecule has 3 rings (SSSR count). The van der Waals surface area contributed by atoms with Crippen molar-refractivity contribution in [2.24, 2.45) is 7.05 Å². The first-order valence-electron chi connectivity index (χ1n) is 6.43. The molecule has 0 bridgehead atoms. The molecule has 2 aromatic rings. The number of anilines is 1. The van der Waals surface area contributed by atoms with E-state index in [1.54, 1.807) is 25.0 Å². The van der Waals surface area contributed by atoms with E-state index in [0.29, 0.717) is 29.5 Å². The number of rotatable bonds is 3. The Bertz CT molecular complexity index is 712. The van der Waals surface area contributed by atoms with Crippen LogP contribution in [-0.4, -0.2) is 48.6 Å². The van der Waals surface area contributed by atoms with Gasteiger partial charge in [-0.3, -0.25) is 19.2 Å². The first-order valence-corrected chi connectivity index (χ1v) is 7.42. The molecule has 0 saturated carbocycles. The minimum Gasteiger partial charge on any atom is -0.372 e. The van der Waals surface area contributed by atoms with Gasteiger partial charge < -0.3 is 5.32 Å². The third kappa shape index (κ3) is 2.44. The van der Waals surface area contributed by atoms with Crippen LogP contribution in [0.2, 0.25) is 0 Å². The van der Waals surface area contributed by atoms with Gasteiger partial charge >= 0.3 is 0 Å². The number of aryl methyl sites for hydroxylation is 1. The number of amides is 2. The van der Waals surface area contributed by atoms with Crippen LogP contribution in [0.15, 0.2) is 6.20 Å². The number of hydrogen-bond acceptors (Lipinski definition) is 7. The van der Waals surface area contributed by atoms with Gasteiger partial charge in [-0.2, -0.15) is 5.10 Å². The standard InChI is InChI=1S/C12H14N6O2S/c1-13-10-7-5-14-17(2)11(7)16-8(15-10)6-18-9(19)3-4-21-12(18)20/h5H,3-4,6H2,1-2H3,(H,13,15,16). The second-order valence-corrected chi connectivity index (χ2v) is 5.63. The van der Waals surface area contributed by atoms with Crippen molar-refractivity contribution in [3.05, 3.63) is 12.0 Å². The van der Waals surface area contributed by atoms with Gasteiger partial charge in [0.1, 0.15) is 5.82 Å². The average molecular weight is 306 g/mol. The van der Waals surface area contributed by atoms with Crippen molar-refractivity contribution in [2.45, 2.75) is 13.0 Å². The number of nitrogens with one attached hydrogen (secondary N) is 1. The highest BCUT2D eigenvalue weighted by Crippen LogP contribution is 2.23. The van der Waals surface area contributed by atoms with Gasteiger partial charge in [-0.1, -0.05) is 11.8 Å². The molecular formula is C12H14N6O2S. The molecule has 0 aliphatic carbocycles. The Hall–Kier alpha value is -2.16. The highest BCUT2D eigenvalue weighted by atomic mass is 32.2. The Morgan fingerprint density at radius 3 is 2.90 bits per heavy atom. The molecule has 110 valence electrons. The number of hydrogen-bond donors (Lipinski definition) is 1. The minimum absolute atomic E-state index is 0.0838. The SMILES string of the molecule is CNc1nc(CN2C(=O)CCSC2=O)nc2c1cnn2C. The molecule has 1 N–H and O–H groups in total. The zero-order chi connectivity index (χ0) is 15.0. The van der Waals surface area contributed by atoms with Gasteiger partial charge in [0.05, 0.1) is 18.1 Å². The van der Waals surface area contributed by atoms with Crippen molar-refractivity contribution >= 4 is 39.8 Å². The highest BCUT2D eigenvalue weighted by molar-refractivity contribution is 8.13. The molecule has 2 aromatic heterocycles. The number of aromatic nitrogens is 4. The Morgan fingerprint density at radius 2 is 2.19 bits per heavy atom. The van der Waals surface area contributed by atoms with Gasteiger partial charge in [-0.05, 0) is 0 Å². The lowest BCUT2D eigenvalue weighted by Gasteiger charge is -2.23. The molecule has 2 amide bonds. The highest BCUT2D eigenvalue weighted by Gasteiger charge is 2.28. The van der Waals surface area contributed by atoms with Crippen molar-refractivity contribution in [1.29, 1.82) is 0 Å². The number of nitrogens with zero attached hydrogens (tertiary/aromatic N) is 5. The van der Waals surface area contributed by atoms with Gasteiger partial charge in [-0.25, -0.2) is 9.97 Å². The first kappa shape index (κ1) is 13.8. The molecule has 0 atom stereocenters. The molecule has 0 radical (unpaired) electrons. The van der Waals surface area contributed by atoms with Crippen LogP contribution in [0, 0.1) is 0 Å². The molecule has 1 saturated heterocycles. The molecule has 3 heterocycles. The number of carbonyl (C=O) groups is 2. The fourth-order valence-electron chi connectivity index (χ4n) is 2.16. The molecule has 0 aromatic carbocycles. The van der Waals surface area contributed by atoms with E-state index >= 15 is 0 Å². The second kappa shape index (κ2) is 5.32. The maximum atomic E-state index is 11.8. The van der Waals surface area contributed by atoms with Crippen molar-refractivity contribution in [3.8, 4) is 0 Å². The van der Waals surface area contributed by atoms with Crippen LogP contribution in [0.1, 0.15) is 12.2 Å². The minimum atomic E-state index is -0.244. The van der Waals surface area contributed by atoms with E-state index in [1.807, 2.05) is 0 Å². The summed E-state index contributed by atoms with van der Waals surface area (Å²) in [5, 5.41) is 7.69. The topological polar surface area (TPSA) is 93.0 Å². The molecular weight excluding hydrogens is 292 g/mol. The van der Waals surface area contributed by atoms with Crippen LogP contribution in [0.5, 0.6) is 0 Å². The number of carbonyl (C=O) groups excluding carboxylic acids is 2. The largest absolute Gasteiger partial charge is 0.372 e. The number of imide groups is 1. The lowest BCUT2D eigenvalue weighted by molar-refractivity contribution is -0.128. The molecule has 9 heteroatoms. The Balaban J connectivity index is 1.98. The zero-order valence-corrected chi connectivity index (χ0v) is 12.5. The molecule has 8 nitrogen and oxygen atoms in total. The van der Waals surface area contributed by atoms with E-state index in [4.69, 9.17) is 0 Å². The molecule has 21 heavy (non-hydrogen) atoms. The van der Waals surface area contributed by atoms with Crippen molar-refractivity contribution in [3.63, 3.8) is 0 Å². The summed E-state index contributed by atoms with van der Waals surface area (Å²) in [6.45, 7) is 0.0838. The normalized spacial score (nSPS) is 15.8. The lowest BCUT2D eigenvalue weighted by atomic mass is 10.3. The second-order valence-electron chi connectivity index (χ2n) is 4.59. The Morgan fingerprint density at radius 1 is 1.38 bits per heavy atom. The smallest absolute Gasteiger partial charge is 0.288 e. The molecule has 0 unspecified atom stereocenters. The van der Waals surface area contributed by atoms with Crippen molar-refractivity contribution < 1.29 is 9.59 Å². The predicted molar refractivity (Wildman–Crippen MR) is 78.9 cm³/mol. The summed E-state index contributed by atoms with van der Waals surface area (Å²) >= 11 is 1.15. The average Bonchev–Trinajstić information content (AvgIpc) is 2.84. The van der Waals surface area contributed by atoms with Gasteiger partial charge in [0.2, 0.25) is 5.91 Å². The molecule has 1 fully saturated rings. The summed E-state index contributed by atoms with van der Waals surface area (Å²) in [4.78, 5) is 33.6. The van der Waals surface area contributed by atoms with Crippen LogP contribution in [0.3, 0.4) is 0 Å². The maximum Gasteiger partial charge on any atom is 0.288 e. The summed E-state index contributed by atoms with van der Waals surface area (Å²) in [5.41, 5.74) is 0.661. The summed E-state index contributed by atoms with van der Waals surface area (Å²) in [7, 11) is 3.54. The van der Waals surface area contributed by atoms with Crippen molar-refractivity contribution in [2.75, 3.05) is 18.1 Å². The van der Waals surface area contributed by atoms with E-state index in [9.17, 15) is 9.59 Å². The quantitative estimate of drug-likeness (QED) is 0.903. The fourth-order valence-corrected chi connectivity index (χ4v) is 2.94. The van der Waals surface area contributed by atoms with E-state index in [1.165, 1.54) is 4.90 Å². The zero-order valence-electron chi connectivity index (χ0n) is 11.7. The van der Waals surface area contributed by atoms with Crippen LogP contribution in [-0.2, 0) is 18.4 Å². The summed E-state index contributed by atoms with van der Waals surface area (Å²) in [6, 6.07) is 0.